The number of pyridine rings is 1. The van der Waals surface area contributed by atoms with E-state index in [1.54, 1.807) is 0 Å². The lowest BCUT2D eigenvalue weighted by Crippen LogP contribution is -2.37. The second-order valence-corrected chi connectivity index (χ2v) is 7.98. The highest BCUT2D eigenvalue weighted by atomic mass is 35.5. The number of carbonyl (C=O) groups is 1. The molecule has 1 aromatic heterocycles. The summed E-state index contributed by atoms with van der Waals surface area (Å²) in [4.78, 5) is 20.6. The monoisotopic (exact) mass is 337 g/mol. The highest BCUT2D eigenvalue weighted by Gasteiger charge is 2.42. The van der Waals surface area contributed by atoms with Crippen molar-refractivity contribution in [2.75, 3.05) is 26.2 Å². The molecule has 2 aliphatic rings. The molecular weight excluding hydrogens is 314 g/mol. The summed E-state index contributed by atoms with van der Waals surface area (Å²) in [5.41, 5.74) is 0.751. The number of aromatic nitrogens is 1. The number of likely N-dealkylation sites (tertiary alicyclic amines) is 2. The molecule has 2 fully saturated rings. The summed E-state index contributed by atoms with van der Waals surface area (Å²) >= 11 is 5.82. The Kier molecular flexibility index (Phi) is 4.52. The van der Waals surface area contributed by atoms with Crippen LogP contribution in [0, 0.1) is 11.8 Å². The van der Waals surface area contributed by atoms with E-state index in [1.807, 2.05) is 44.0 Å². The Balaban J connectivity index is 1.51. The van der Waals surface area contributed by atoms with E-state index in [0.717, 1.165) is 32.7 Å². The highest BCUT2D eigenvalue weighted by Crippen LogP contribution is 2.32. The van der Waals surface area contributed by atoms with Crippen molar-refractivity contribution in [1.29, 1.82) is 0 Å². The Labute approximate surface area is 142 Å². The molecular formula is C17H24ClN3O2. The third kappa shape index (κ3) is 4.15. The molecule has 23 heavy (non-hydrogen) atoms. The lowest BCUT2D eigenvalue weighted by molar-refractivity contribution is 0.0274. The van der Waals surface area contributed by atoms with Crippen LogP contribution in [0.1, 0.15) is 26.3 Å². The minimum absolute atomic E-state index is 0.180. The van der Waals surface area contributed by atoms with Crippen LogP contribution in [0.4, 0.5) is 4.79 Å². The fourth-order valence-corrected chi connectivity index (χ4v) is 3.56. The number of ether oxygens (including phenoxy) is 1. The van der Waals surface area contributed by atoms with Crippen LogP contribution in [-0.4, -0.2) is 52.7 Å². The van der Waals surface area contributed by atoms with Crippen molar-refractivity contribution in [3.63, 3.8) is 0 Å². The average Bonchev–Trinajstić information content (AvgIpc) is 2.97. The van der Waals surface area contributed by atoms with E-state index in [-0.39, 0.29) is 6.09 Å². The van der Waals surface area contributed by atoms with Crippen molar-refractivity contribution in [2.24, 2.45) is 11.8 Å². The van der Waals surface area contributed by atoms with E-state index in [9.17, 15) is 4.79 Å². The maximum absolute atomic E-state index is 12.2. The second-order valence-electron chi connectivity index (χ2n) is 7.59. The number of rotatable bonds is 2. The van der Waals surface area contributed by atoms with Crippen LogP contribution in [0.5, 0.6) is 0 Å². The maximum Gasteiger partial charge on any atom is 0.410 e. The molecule has 3 rings (SSSR count). The molecule has 2 unspecified atom stereocenters. The van der Waals surface area contributed by atoms with Crippen LogP contribution in [0.15, 0.2) is 18.3 Å². The number of nitrogens with zero attached hydrogens (tertiary/aromatic N) is 3. The standard InChI is InChI=1S/C17H24ClN3O2/c1-17(2,3)23-16(22)21-10-13-8-20(9-14(13)11-21)7-12-4-5-15(18)19-6-12/h4-6,13-14H,7-11H2,1-3H3. The number of carbonyl (C=O) groups excluding carboxylic acids is 1. The predicted molar refractivity (Wildman–Crippen MR) is 89.3 cm³/mol. The summed E-state index contributed by atoms with van der Waals surface area (Å²) in [5, 5.41) is 0.528. The van der Waals surface area contributed by atoms with Gasteiger partial charge in [0, 0.05) is 38.9 Å². The van der Waals surface area contributed by atoms with E-state index in [0.29, 0.717) is 17.0 Å². The van der Waals surface area contributed by atoms with Crippen molar-refractivity contribution in [3.8, 4) is 0 Å². The molecule has 126 valence electrons. The van der Waals surface area contributed by atoms with Gasteiger partial charge in [-0.2, -0.15) is 0 Å². The number of amides is 1. The van der Waals surface area contributed by atoms with Crippen molar-refractivity contribution >= 4 is 17.7 Å². The molecule has 1 aromatic rings. The van der Waals surface area contributed by atoms with Gasteiger partial charge in [0.15, 0.2) is 0 Å². The minimum atomic E-state index is -0.428. The Morgan fingerprint density at radius 1 is 1.26 bits per heavy atom. The summed E-state index contributed by atoms with van der Waals surface area (Å²) in [5.74, 6) is 1.09. The molecule has 5 nitrogen and oxygen atoms in total. The summed E-state index contributed by atoms with van der Waals surface area (Å²) in [6.07, 6.45) is 1.66. The molecule has 0 aliphatic carbocycles. The first-order valence-corrected chi connectivity index (χ1v) is 8.49. The van der Waals surface area contributed by atoms with Crippen LogP contribution in [0.3, 0.4) is 0 Å². The molecule has 0 aromatic carbocycles. The fraction of sp³-hybridized carbons (Fsp3) is 0.647. The molecule has 1 amide bonds. The van der Waals surface area contributed by atoms with E-state index in [1.165, 1.54) is 5.56 Å². The number of hydrogen-bond acceptors (Lipinski definition) is 4. The van der Waals surface area contributed by atoms with Gasteiger partial charge in [0.2, 0.25) is 0 Å². The summed E-state index contributed by atoms with van der Waals surface area (Å²) in [6, 6.07) is 3.86. The van der Waals surface area contributed by atoms with E-state index >= 15 is 0 Å². The first-order chi connectivity index (χ1) is 10.8. The Hall–Kier alpha value is -1.33. The molecule has 0 bridgehead atoms. The molecule has 3 heterocycles. The van der Waals surface area contributed by atoms with Crippen LogP contribution >= 0.6 is 11.6 Å². The largest absolute Gasteiger partial charge is 0.444 e. The minimum Gasteiger partial charge on any atom is -0.444 e. The zero-order valence-corrected chi connectivity index (χ0v) is 14.7. The molecule has 0 saturated carbocycles. The summed E-state index contributed by atoms with van der Waals surface area (Å²) in [7, 11) is 0. The van der Waals surface area contributed by atoms with Gasteiger partial charge in [-0.3, -0.25) is 4.90 Å². The Morgan fingerprint density at radius 2 is 1.91 bits per heavy atom. The Bertz CT molecular complexity index is 556. The molecule has 2 atom stereocenters. The average molecular weight is 338 g/mol. The summed E-state index contributed by atoms with van der Waals surface area (Å²) in [6.45, 7) is 10.3. The first kappa shape index (κ1) is 16.5. The molecule has 2 aliphatic heterocycles. The number of halogens is 1. The van der Waals surface area contributed by atoms with Crippen molar-refractivity contribution in [2.45, 2.75) is 32.9 Å². The van der Waals surface area contributed by atoms with Crippen molar-refractivity contribution < 1.29 is 9.53 Å². The van der Waals surface area contributed by atoms with Crippen LogP contribution < -0.4 is 0 Å². The van der Waals surface area contributed by atoms with Gasteiger partial charge >= 0.3 is 6.09 Å². The quantitative estimate of drug-likeness (QED) is 0.778. The zero-order valence-electron chi connectivity index (χ0n) is 14.0. The van der Waals surface area contributed by atoms with Crippen LogP contribution in [0.25, 0.3) is 0 Å². The van der Waals surface area contributed by atoms with Gasteiger partial charge in [-0.25, -0.2) is 9.78 Å². The SMILES string of the molecule is CC(C)(C)OC(=O)N1CC2CN(Cc3ccc(Cl)nc3)CC2C1. The van der Waals surface area contributed by atoms with Gasteiger partial charge in [0.25, 0.3) is 0 Å². The fourth-order valence-electron chi connectivity index (χ4n) is 3.45. The van der Waals surface area contributed by atoms with Gasteiger partial charge in [-0.05, 0) is 44.2 Å². The Morgan fingerprint density at radius 3 is 2.43 bits per heavy atom. The lowest BCUT2D eigenvalue weighted by Gasteiger charge is -2.26. The lowest BCUT2D eigenvalue weighted by atomic mass is 10.0. The summed E-state index contributed by atoms with van der Waals surface area (Å²) < 4.78 is 5.47. The normalized spacial score (nSPS) is 24.8. The molecule has 0 spiro atoms. The van der Waals surface area contributed by atoms with Gasteiger partial charge in [0.1, 0.15) is 10.8 Å². The third-order valence-electron chi connectivity index (χ3n) is 4.41. The zero-order chi connectivity index (χ0) is 16.6. The van der Waals surface area contributed by atoms with Crippen LogP contribution in [-0.2, 0) is 11.3 Å². The second kappa shape index (κ2) is 6.29. The molecule has 0 N–H and O–H groups in total. The molecule has 6 heteroatoms. The highest BCUT2D eigenvalue weighted by molar-refractivity contribution is 6.29. The smallest absolute Gasteiger partial charge is 0.410 e. The topological polar surface area (TPSA) is 45.7 Å². The number of fused-ring (bicyclic) bond motifs is 1. The van der Waals surface area contributed by atoms with Gasteiger partial charge in [-0.1, -0.05) is 17.7 Å². The van der Waals surface area contributed by atoms with E-state index < -0.39 is 5.60 Å². The predicted octanol–water partition coefficient (Wildman–Crippen LogP) is 3.03. The van der Waals surface area contributed by atoms with E-state index in [2.05, 4.69) is 9.88 Å². The molecule has 2 saturated heterocycles. The maximum atomic E-state index is 12.2. The van der Waals surface area contributed by atoms with Crippen molar-refractivity contribution in [1.82, 2.24) is 14.8 Å². The van der Waals surface area contributed by atoms with E-state index in [4.69, 9.17) is 16.3 Å². The van der Waals surface area contributed by atoms with Gasteiger partial charge < -0.3 is 9.64 Å². The first-order valence-electron chi connectivity index (χ1n) is 8.11. The van der Waals surface area contributed by atoms with Crippen LogP contribution in [0.2, 0.25) is 5.15 Å². The van der Waals surface area contributed by atoms with Crippen molar-refractivity contribution in [3.05, 3.63) is 29.0 Å². The van der Waals surface area contributed by atoms with Gasteiger partial charge in [0.05, 0.1) is 0 Å². The third-order valence-corrected chi connectivity index (χ3v) is 4.63. The van der Waals surface area contributed by atoms with Gasteiger partial charge in [-0.15, -0.1) is 0 Å². The molecule has 0 radical (unpaired) electrons. The number of hydrogen-bond donors (Lipinski definition) is 0.